The van der Waals surface area contributed by atoms with Crippen LogP contribution in [0.2, 0.25) is 0 Å². The van der Waals surface area contributed by atoms with Gasteiger partial charge in [-0.05, 0) is 69.1 Å². The topological polar surface area (TPSA) is 237 Å². The summed E-state index contributed by atoms with van der Waals surface area (Å²) in [7, 11) is -9.94. The predicted octanol–water partition coefficient (Wildman–Crippen LogP) is 25.3. The number of hydrogen-bond donors (Lipinski definition) is 3. The molecule has 0 saturated carbocycles. The zero-order valence-corrected chi connectivity index (χ0v) is 69.8. The van der Waals surface area contributed by atoms with Gasteiger partial charge in [-0.1, -0.05) is 368 Å². The van der Waals surface area contributed by atoms with Crippen LogP contribution >= 0.6 is 15.6 Å². The van der Waals surface area contributed by atoms with Crippen LogP contribution < -0.4 is 0 Å². The fourth-order valence-electron chi connectivity index (χ4n) is 12.7. The van der Waals surface area contributed by atoms with Crippen LogP contribution in [0, 0.1) is 17.8 Å². The van der Waals surface area contributed by atoms with Crippen LogP contribution in [0.15, 0.2) is 24.3 Å². The molecule has 0 aromatic carbocycles. The Hall–Kier alpha value is -2.46. The number of ether oxygens (including phenoxy) is 4. The molecule has 0 aliphatic rings. The lowest BCUT2D eigenvalue weighted by Crippen LogP contribution is -2.30. The summed E-state index contributed by atoms with van der Waals surface area (Å²) in [5.41, 5.74) is 0. The molecule has 0 aliphatic carbocycles. The summed E-state index contributed by atoms with van der Waals surface area (Å²) in [6.07, 6.45) is 67.6. The van der Waals surface area contributed by atoms with Crippen molar-refractivity contribution in [1.82, 2.24) is 0 Å². The van der Waals surface area contributed by atoms with Gasteiger partial charge in [-0.15, -0.1) is 0 Å². The average molecular weight is 1520 g/mol. The molecule has 3 unspecified atom stereocenters. The van der Waals surface area contributed by atoms with E-state index < -0.39 is 97.5 Å². The lowest BCUT2D eigenvalue weighted by Gasteiger charge is -2.21. The first-order valence-electron chi connectivity index (χ1n) is 43.2. The lowest BCUT2D eigenvalue weighted by atomic mass is 10.0. The molecule has 0 bridgehead atoms. The van der Waals surface area contributed by atoms with Gasteiger partial charge < -0.3 is 33.8 Å². The smallest absolute Gasteiger partial charge is 0.462 e. The monoisotopic (exact) mass is 1520 g/mol. The van der Waals surface area contributed by atoms with Crippen molar-refractivity contribution in [1.29, 1.82) is 0 Å². The maximum Gasteiger partial charge on any atom is 0.472 e. The maximum absolute atomic E-state index is 13.1. The first-order chi connectivity index (χ1) is 50.2. The summed E-state index contributed by atoms with van der Waals surface area (Å²) in [4.78, 5) is 73.1. The van der Waals surface area contributed by atoms with Crippen molar-refractivity contribution in [2.75, 3.05) is 39.6 Å². The Labute approximate surface area is 637 Å². The number of aliphatic hydroxyl groups is 1. The van der Waals surface area contributed by atoms with Crippen molar-refractivity contribution in [2.45, 2.75) is 439 Å². The summed E-state index contributed by atoms with van der Waals surface area (Å²) in [6.45, 7) is 11.9. The first-order valence-corrected chi connectivity index (χ1v) is 46.2. The van der Waals surface area contributed by atoms with E-state index in [9.17, 15) is 43.2 Å². The van der Waals surface area contributed by atoms with Crippen molar-refractivity contribution in [3.8, 4) is 0 Å². The van der Waals surface area contributed by atoms with E-state index in [2.05, 4.69) is 72.8 Å². The summed E-state index contributed by atoms with van der Waals surface area (Å²) in [5.74, 6) is 0.188. The van der Waals surface area contributed by atoms with Crippen LogP contribution in [0.4, 0.5) is 0 Å². The molecule has 0 aliphatic heterocycles. The predicted molar refractivity (Wildman–Crippen MR) is 427 cm³/mol. The minimum Gasteiger partial charge on any atom is -0.462 e. The summed E-state index contributed by atoms with van der Waals surface area (Å²) >= 11 is 0. The van der Waals surface area contributed by atoms with Crippen LogP contribution in [-0.2, 0) is 65.4 Å². The van der Waals surface area contributed by atoms with Gasteiger partial charge in [-0.2, -0.15) is 0 Å². The Bertz CT molecular complexity index is 2100. The van der Waals surface area contributed by atoms with Gasteiger partial charge >= 0.3 is 39.5 Å². The third-order valence-corrected chi connectivity index (χ3v) is 21.2. The van der Waals surface area contributed by atoms with E-state index in [1.807, 2.05) is 0 Å². The molecule has 0 spiro atoms. The number of carbonyl (C=O) groups excluding carboxylic acids is 4. The summed E-state index contributed by atoms with van der Waals surface area (Å²) in [5, 5.41) is 10.7. The number of unbranched alkanes of at least 4 members (excludes halogenated alkanes) is 46. The molecule has 0 aromatic heterocycles. The molecule has 19 heteroatoms. The number of allylic oxidation sites excluding steroid dienone is 4. The van der Waals surface area contributed by atoms with Gasteiger partial charge in [0, 0.05) is 25.7 Å². The van der Waals surface area contributed by atoms with E-state index in [1.54, 1.807) is 0 Å². The van der Waals surface area contributed by atoms with Crippen molar-refractivity contribution < 1.29 is 80.2 Å². The maximum atomic E-state index is 13.1. The van der Waals surface area contributed by atoms with Crippen LogP contribution in [0.1, 0.15) is 421 Å². The Morgan fingerprint density at radius 1 is 0.298 bits per heavy atom. The number of rotatable bonds is 81. The second kappa shape index (κ2) is 74.6. The average Bonchev–Trinajstić information content (AvgIpc) is 0.903. The van der Waals surface area contributed by atoms with E-state index in [0.717, 1.165) is 121 Å². The Balaban J connectivity index is 5.23. The zero-order chi connectivity index (χ0) is 76.5. The standard InChI is InChI=1S/C85H162O17P2/c1-8-9-10-11-12-13-14-15-21-29-34-39-46-54-61-68-84(89)101-80(72-95-82(87)66-59-52-45-38-33-28-24-19-17-16-18-22-26-31-36-42-49-56-63-76(2)3)74-99-103(91,92)97-70-79(86)71-98-104(93,94)100-75-81(73-96-83(88)67-60-53-48-41-44-51-58-65-78(6)7)102-85(90)69-62-55-47-40-35-30-25-20-23-27-32-37-43-50-57-64-77(4)5/h13-15,21,76-81,86H,8-12,16-20,22-75H2,1-7H3,(H,91,92)(H,93,94)/b14-13-,21-15-/t79?,80-,81-/m1/s1. The first kappa shape index (κ1) is 102. The second-order valence-electron chi connectivity index (χ2n) is 31.3. The third kappa shape index (κ3) is 77.7. The quantitative estimate of drug-likeness (QED) is 0.0169. The van der Waals surface area contributed by atoms with Gasteiger partial charge in [0.1, 0.15) is 19.3 Å². The lowest BCUT2D eigenvalue weighted by molar-refractivity contribution is -0.161. The van der Waals surface area contributed by atoms with Gasteiger partial charge in [0.2, 0.25) is 0 Å². The van der Waals surface area contributed by atoms with Gasteiger partial charge in [0.15, 0.2) is 12.2 Å². The molecule has 0 radical (unpaired) electrons. The highest BCUT2D eigenvalue weighted by molar-refractivity contribution is 7.47. The molecule has 5 atom stereocenters. The number of phosphoric ester groups is 2. The summed E-state index contributed by atoms with van der Waals surface area (Å²) in [6, 6.07) is 0. The molecule has 0 heterocycles. The zero-order valence-electron chi connectivity index (χ0n) is 68.0. The van der Waals surface area contributed by atoms with Gasteiger partial charge in [0.05, 0.1) is 26.4 Å². The van der Waals surface area contributed by atoms with Crippen LogP contribution in [0.5, 0.6) is 0 Å². The van der Waals surface area contributed by atoms with E-state index in [4.69, 9.17) is 37.0 Å². The normalized spacial score (nSPS) is 14.0. The van der Waals surface area contributed by atoms with Crippen molar-refractivity contribution in [3.63, 3.8) is 0 Å². The molecule has 0 amide bonds. The molecule has 17 nitrogen and oxygen atoms in total. The Morgan fingerprint density at radius 2 is 0.519 bits per heavy atom. The van der Waals surface area contributed by atoms with Crippen LogP contribution in [0.3, 0.4) is 0 Å². The number of esters is 4. The molecule has 104 heavy (non-hydrogen) atoms. The Morgan fingerprint density at radius 3 is 0.779 bits per heavy atom. The molecule has 0 rings (SSSR count). The number of hydrogen-bond acceptors (Lipinski definition) is 15. The highest BCUT2D eigenvalue weighted by Gasteiger charge is 2.30. The van der Waals surface area contributed by atoms with E-state index in [0.29, 0.717) is 31.6 Å². The van der Waals surface area contributed by atoms with Crippen LogP contribution in [-0.4, -0.2) is 96.7 Å². The van der Waals surface area contributed by atoms with Crippen LogP contribution in [0.25, 0.3) is 0 Å². The molecule has 0 fully saturated rings. The minimum absolute atomic E-state index is 0.0854. The SMILES string of the molecule is CCCCCC/C=C\C=C/CCCCCCCC(=O)O[C@H](COC(=O)CCCCCCCCCCCCCCCCCCCCC(C)C)COP(=O)(O)OCC(O)COP(=O)(O)OC[C@@H](COC(=O)CCCCCCCCCC(C)C)OC(=O)CCCCCCCCCCCCCCCCCC(C)C. The molecular formula is C85H162O17P2. The number of aliphatic hydroxyl groups excluding tert-OH is 1. The largest absolute Gasteiger partial charge is 0.472 e. The second-order valence-corrected chi connectivity index (χ2v) is 34.2. The summed E-state index contributed by atoms with van der Waals surface area (Å²) < 4.78 is 68.8. The van der Waals surface area contributed by atoms with E-state index in [-0.39, 0.29) is 25.7 Å². The molecule has 614 valence electrons. The Kier molecular flexibility index (Phi) is 72.9. The number of phosphoric acid groups is 2. The fraction of sp³-hybridized carbons (Fsp3) is 0.906. The van der Waals surface area contributed by atoms with Crippen molar-refractivity contribution >= 4 is 39.5 Å². The van der Waals surface area contributed by atoms with Crippen molar-refractivity contribution in [3.05, 3.63) is 24.3 Å². The van der Waals surface area contributed by atoms with Gasteiger partial charge in [-0.3, -0.25) is 37.3 Å². The molecule has 0 saturated heterocycles. The third-order valence-electron chi connectivity index (χ3n) is 19.3. The highest BCUT2D eigenvalue weighted by Crippen LogP contribution is 2.45. The highest BCUT2D eigenvalue weighted by atomic mass is 31.2. The van der Waals surface area contributed by atoms with Crippen molar-refractivity contribution in [2.24, 2.45) is 17.8 Å². The molecule has 0 aromatic rings. The van der Waals surface area contributed by atoms with Gasteiger partial charge in [0.25, 0.3) is 0 Å². The minimum atomic E-state index is -4.97. The number of carbonyl (C=O) groups is 4. The molecule has 3 N–H and O–H groups in total. The fourth-order valence-corrected chi connectivity index (χ4v) is 14.2. The molecular weight excluding hydrogens is 1350 g/mol. The van der Waals surface area contributed by atoms with Gasteiger partial charge in [-0.25, -0.2) is 9.13 Å². The van der Waals surface area contributed by atoms with E-state index >= 15 is 0 Å². The van der Waals surface area contributed by atoms with E-state index in [1.165, 1.54) is 212 Å².